The number of rotatable bonds is 4. The fourth-order valence-electron chi connectivity index (χ4n) is 4.12. The highest BCUT2D eigenvalue weighted by Gasteiger charge is 2.28. The van der Waals surface area contributed by atoms with E-state index in [-0.39, 0.29) is 11.8 Å². The van der Waals surface area contributed by atoms with Gasteiger partial charge in [-0.25, -0.2) is 4.68 Å². The SMILES string of the molecule is CCc1[nH]c2c(CNC(=O)[C@H]3CCCCn4nnnc43)cc(C)cc2c1C. The van der Waals surface area contributed by atoms with Gasteiger partial charge in [0.05, 0.1) is 11.4 Å². The Morgan fingerprint density at radius 3 is 3.00 bits per heavy atom. The average molecular weight is 366 g/mol. The average Bonchev–Trinajstić information content (AvgIpc) is 3.18. The number of tetrazole rings is 1. The zero-order chi connectivity index (χ0) is 19.0. The van der Waals surface area contributed by atoms with E-state index in [4.69, 9.17) is 0 Å². The summed E-state index contributed by atoms with van der Waals surface area (Å²) < 4.78 is 1.77. The molecule has 7 nitrogen and oxygen atoms in total. The molecule has 0 saturated heterocycles. The molecule has 0 saturated carbocycles. The fourth-order valence-corrected chi connectivity index (χ4v) is 4.12. The molecule has 0 spiro atoms. The van der Waals surface area contributed by atoms with Gasteiger partial charge in [-0.2, -0.15) is 0 Å². The van der Waals surface area contributed by atoms with E-state index in [1.807, 2.05) is 0 Å². The van der Waals surface area contributed by atoms with Gasteiger partial charge < -0.3 is 10.3 Å². The van der Waals surface area contributed by atoms with E-state index in [9.17, 15) is 4.79 Å². The van der Waals surface area contributed by atoms with Crippen molar-refractivity contribution in [3.63, 3.8) is 0 Å². The molecular formula is C20H26N6O. The molecule has 7 heteroatoms. The second-order valence-electron chi connectivity index (χ2n) is 7.46. The van der Waals surface area contributed by atoms with Crippen molar-refractivity contribution in [2.75, 3.05) is 0 Å². The largest absolute Gasteiger partial charge is 0.358 e. The van der Waals surface area contributed by atoms with Gasteiger partial charge in [-0.15, -0.1) is 5.10 Å². The van der Waals surface area contributed by atoms with Crippen LogP contribution in [0.25, 0.3) is 10.9 Å². The summed E-state index contributed by atoms with van der Waals surface area (Å²) in [6.45, 7) is 7.69. The molecule has 2 N–H and O–H groups in total. The first-order chi connectivity index (χ1) is 13.1. The Kier molecular flexibility index (Phi) is 4.68. The minimum absolute atomic E-state index is 0.00148. The molecule has 27 heavy (non-hydrogen) atoms. The van der Waals surface area contributed by atoms with Crippen molar-refractivity contribution in [2.45, 2.75) is 65.5 Å². The Morgan fingerprint density at radius 1 is 1.33 bits per heavy atom. The Labute approximate surface area is 158 Å². The van der Waals surface area contributed by atoms with Crippen LogP contribution in [-0.2, 0) is 24.3 Å². The lowest BCUT2D eigenvalue weighted by atomic mass is 10.0. The fraction of sp³-hybridized carbons (Fsp3) is 0.500. The molecule has 0 bridgehead atoms. The number of nitrogens with one attached hydrogen (secondary N) is 2. The van der Waals surface area contributed by atoms with Gasteiger partial charge in [0.1, 0.15) is 0 Å². The van der Waals surface area contributed by atoms with Crippen molar-refractivity contribution in [1.82, 2.24) is 30.5 Å². The predicted octanol–water partition coefficient (Wildman–Crippen LogP) is 2.92. The second kappa shape index (κ2) is 7.13. The Hall–Kier alpha value is -2.70. The number of fused-ring (bicyclic) bond motifs is 2. The number of nitrogens with zero attached hydrogens (tertiary/aromatic N) is 4. The van der Waals surface area contributed by atoms with Crippen molar-refractivity contribution >= 4 is 16.8 Å². The third-order valence-corrected chi connectivity index (χ3v) is 5.60. The summed E-state index contributed by atoms with van der Waals surface area (Å²) in [7, 11) is 0. The van der Waals surface area contributed by atoms with Gasteiger partial charge in [-0.05, 0) is 60.7 Å². The van der Waals surface area contributed by atoms with Crippen LogP contribution in [0.1, 0.15) is 60.3 Å². The summed E-state index contributed by atoms with van der Waals surface area (Å²) in [6.07, 6.45) is 3.75. The minimum Gasteiger partial charge on any atom is -0.358 e. The molecule has 2 aromatic heterocycles. The van der Waals surface area contributed by atoms with Crippen LogP contribution < -0.4 is 5.32 Å². The molecule has 0 aliphatic carbocycles. The topological polar surface area (TPSA) is 88.5 Å². The number of H-pyrrole nitrogens is 1. The maximum absolute atomic E-state index is 12.9. The van der Waals surface area contributed by atoms with E-state index < -0.39 is 0 Å². The molecule has 0 fully saturated rings. The number of benzene rings is 1. The van der Waals surface area contributed by atoms with Crippen molar-refractivity contribution in [1.29, 1.82) is 0 Å². The van der Waals surface area contributed by atoms with E-state index >= 15 is 0 Å². The molecule has 1 aromatic carbocycles. The molecule has 3 heterocycles. The first-order valence-electron chi connectivity index (χ1n) is 9.73. The summed E-state index contributed by atoms with van der Waals surface area (Å²) in [6, 6.07) is 4.36. The zero-order valence-corrected chi connectivity index (χ0v) is 16.2. The Morgan fingerprint density at radius 2 is 2.19 bits per heavy atom. The molecule has 1 aliphatic heterocycles. The molecule has 142 valence electrons. The molecule has 1 atom stereocenters. The molecule has 0 radical (unpaired) electrons. The standard InChI is InChI=1S/C20H26N6O/c1-4-17-13(3)16-10-12(2)9-14(18(16)22-17)11-21-20(27)15-7-5-6-8-26-19(15)23-24-25-26/h9-10,15,22H,4-8,11H2,1-3H3,(H,21,27)/t15-/m0/s1. The number of amides is 1. The van der Waals surface area contributed by atoms with Crippen LogP contribution in [-0.4, -0.2) is 31.1 Å². The van der Waals surface area contributed by atoms with Crippen molar-refractivity contribution in [2.24, 2.45) is 0 Å². The number of carbonyl (C=O) groups is 1. The van der Waals surface area contributed by atoms with E-state index in [2.05, 4.69) is 58.7 Å². The van der Waals surface area contributed by atoms with Crippen molar-refractivity contribution < 1.29 is 4.79 Å². The quantitative estimate of drug-likeness (QED) is 0.743. The van der Waals surface area contributed by atoms with Crippen LogP contribution in [0.4, 0.5) is 0 Å². The van der Waals surface area contributed by atoms with Gasteiger partial charge in [-0.3, -0.25) is 4.79 Å². The third-order valence-electron chi connectivity index (χ3n) is 5.60. The maximum atomic E-state index is 12.9. The highest BCUT2D eigenvalue weighted by atomic mass is 16.1. The highest BCUT2D eigenvalue weighted by Crippen LogP contribution is 2.28. The van der Waals surface area contributed by atoms with Gasteiger partial charge in [-0.1, -0.05) is 25.0 Å². The van der Waals surface area contributed by atoms with Crippen molar-refractivity contribution in [3.8, 4) is 0 Å². The normalized spacial score (nSPS) is 16.9. The van der Waals surface area contributed by atoms with Crippen LogP contribution in [0.3, 0.4) is 0 Å². The van der Waals surface area contributed by atoms with Crippen LogP contribution in [0, 0.1) is 13.8 Å². The van der Waals surface area contributed by atoms with E-state index in [1.165, 1.54) is 22.2 Å². The van der Waals surface area contributed by atoms with Gasteiger partial charge in [0.15, 0.2) is 5.82 Å². The lowest BCUT2D eigenvalue weighted by Crippen LogP contribution is -2.30. The highest BCUT2D eigenvalue weighted by molar-refractivity contribution is 5.89. The lowest BCUT2D eigenvalue weighted by molar-refractivity contribution is -0.123. The van der Waals surface area contributed by atoms with E-state index in [0.717, 1.165) is 43.3 Å². The van der Waals surface area contributed by atoms with Crippen molar-refractivity contribution in [3.05, 3.63) is 40.3 Å². The molecule has 3 aromatic rings. The van der Waals surface area contributed by atoms with Crippen LogP contribution in [0.2, 0.25) is 0 Å². The van der Waals surface area contributed by atoms with E-state index in [0.29, 0.717) is 12.4 Å². The van der Waals surface area contributed by atoms with Crippen LogP contribution in [0.5, 0.6) is 0 Å². The smallest absolute Gasteiger partial charge is 0.231 e. The third kappa shape index (κ3) is 3.22. The number of hydrogen-bond donors (Lipinski definition) is 2. The lowest BCUT2D eigenvalue weighted by Gasteiger charge is -2.14. The second-order valence-corrected chi connectivity index (χ2v) is 7.46. The molecule has 1 amide bonds. The van der Waals surface area contributed by atoms with Gasteiger partial charge in [0, 0.05) is 24.2 Å². The number of hydrogen-bond acceptors (Lipinski definition) is 4. The number of aryl methyl sites for hydroxylation is 4. The monoisotopic (exact) mass is 366 g/mol. The zero-order valence-electron chi connectivity index (χ0n) is 16.2. The predicted molar refractivity (Wildman–Crippen MR) is 103 cm³/mol. The molecular weight excluding hydrogens is 340 g/mol. The number of carbonyl (C=O) groups excluding carboxylic acids is 1. The first-order valence-corrected chi connectivity index (χ1v) is 9.73. The van der Waals surface area contributed by atoms with Gasteiger partial charge >= 0.3 is 0 Å². The van der Waals surface area contributed by atoms with Crippen LogP contribution in [0.15, 0.2) is 12.1 Å². The molecule has 1 aliphatic rings. The Bertz CT molecular complexity index is 986. The van der Waals surface area contributed by atoms with Crippen LogP contribution >= 0.6 is 0 Å². The maximum Gasteiger partial charge on any atom is 0.231 e. The van der Waals surface area contributed by atoms with Gasteiger partial charge in [0.2, 0.25) is 5.91 Å². The molecule has 4 rings (SSSR count). The van der Waals surface area contributed by atoms with E-state index in [1.54, 1.807) is 4.68 Å². The minimum atomic E-state index is -0.278. The Balaban J connectivity index is 1.58. The summed E-state index contributed by atoms with van der Waals surface area (Å²) in [4.78, 5) is 16.5. The summed E-state index contributed by atoms with van der Waals surface area (Å²) in [5.41, 5.74) is 6.00. The summed E-state index contributed by atoms with van der Waals surface area (Å²) >= 11 is 0. The summed E-state index contributed by atoms with van der Waals surface area (Å²) in [5.74, 6) is 0.407. The first kappa shape index (κ1) is 17.7. The summed E-state index contributed by atoms with van der Waals surface area (Å²) in [5, 5.41) is 16.2. The number of aromatic amines is 1. The number of aromatic nitrogens is 5. The molecule has 0 unspecified atom stereocenters. The van der Waals surface area contributed by atoms with Gasteiger partial charge in [0.25, 0.3) is 0 Å².